The maximum atomic E-state index is 14.0. The quantitative estimate of drug-likeness (QED) is 0.0739. The van der Waals surface area contributed by atoms with Gasteiger partial charge < -0.3 is 4.89 Å². The lowest BCUT2D eigenvalue weighted by molar-refractivity contribution is -0.487. The lowest BCUT2D eigenvalue weighted by Gasteiger charge is -2.46. The molecule has 0 aromatic rings. The molecule has 0 amide bonds. The Balaban J connectivity index is 7.01. The molecule has 0 bridgehead atoms. The Morgan fingerprint density at radius 1 is 0.423 bits per heavy atom. The van der Waals surface area contributed by atoms with E-state index in [9.17, 15) is 132 Å². The van der Waals surface area contributed by atoms with Crippen molar-refractivity contribution in [1.29, 1.82) is 0 Å². The number of alkyl halides is 28. The summed E-state index contributed by atoms with van der Waals surface area (Å²) >= 11 is 0. The van der Waals surface area contributed by atoms with E-state index < -0.39 is 124 Å². The molecule has 2 unspecified atom stereocenters. The van der Waals surface area contributed by atoms with Crippen LogP contribution in [0.5, 0.6) is 0 Å². The molecule has 0 N–H and O–H groups in total. The van der Waals surface area contributed by atoms with E-state index in [4.69, 9.17) is 0 Å². The van der Waals surface area contributed by atoms with Crippen LogP contribution < -0.4 is 4.89 Å². The van der Waals surface area contributed by atoms with Gasteiger partial charge in [0.1, 0.15) is 6.61 Å². The first-order valence-corrected chi connectivity index (χ1v) is 13.4. The maximum absolute atomic E-state index is 14.0. The van der Waals surface area contributed by atoms with Gasteiger partial charge >= 0.3 is 85.5 Å². The molecule has 0 fully saturated rings. The smallest absolute Gasteiger partial charge is 0.488 e. The Morgan fingerprint density at radius 2 is 0.692 bits per heavy atom. The van der Waals surface area contributed by atoms with Gasteiger partial charge in [-0.1, -0.05) is 19.3 Å². The number of halogens is 28. The summed E-state index contributed by atoms with van der Waals surface area (Å²) in [6, 6.07) is 0. The third kappa shape index (κ3) is 7.14. The molecular formula is C20H13F28O3P. The van der Waals surface area contributed by atoms with Gasteiger partial charge in [0.25, 0.3) is 0 Å². The molecule has 0 saturated heterocycles. The van der Waals surface area contributed by atoms with E-state index in [1.54, 1.807) is 0 Å². The van der Waals surface area contributed by atoms with E-state index in [0.29, 0.717) is 0 Å². The zero-order valence-electron chi connectivity index (χ0n) is 23.6. The van der Waals surface area contributed by atoms with Gasteiger partial charge in [-0.2, -0.15) is 114 Å². The summed E-state index contributed by atoms with van der Waals surface area (Å²) in [7, 11) is -3.44. The fourth-order valence-corrected chi connectivity index (χ4v) is 3.90. The van der Waals surface area contributed by atoms with Crippen LogP contribution in [0, 0.1) is 0 Å². The van der Waals surface area contributed by atoms with Crippen LogP contribution in [0.2, 0.25) is 0 Å². The molecule has 3 nitrogen and oxygen atoms in total. The van der Waals surface area contributed by atoms with E-state index in [0.717, 1.165) is 0 Å². The van der Waals surface area contributed by atoms with Crippen molar-refractivity contribution in [1.82, 2.24) is 0 Å². The molecule has 0 heterocycles. The highest BCUT2D eigenvalue weighted by molar-refractivity contribution is 7.30. The second-order valence-corrected chi connectivity index (χ2v) is 10.9. The summed E-state index contributed by atoms with van der Waals surface area (Å²) in [5.74, 6) is -93.7. The summed E-state index contributed by atoms with van der Waals surface area (Å²) < 4.78 is 393. The molecule has 32 heteroatoms. The SMILES string of the molecule is O=[P+]([O-])OCCCCCCC(F)C(F)(F)C(F)(F)C(F)(F)C(F)(F)C(F)(F)C(F)(F)C(F)(F)C(F)(F)C(F)(F)C(F)(F)C(F)(C(F)(F)F)C(F)(F)F. The Labute approximate surface area is 268 Å². The molecule has 0 aliphatic carbocycles. The molecule has 0 spiro atoms. The molecule has 0 aliphatic rings. The highest BCUT2D eigenvalue weighted by Crippen LogP contribution is 2.69. The average molecular weight is 864 g/mol. The van der Waals surface area contributed by atoms with Crippen LogP contribution in [0.4, 0.5) is 123 Å². The normalized spacial score (nSPS) is 17.1. The zero-order valence-corrected chi connectivity index (χ0v) is 24.5. The van der Waals surface area contributed by atoms with Crippen LogP contribution >= 0.6 is 8.25 Å². The summed E-state index contributed by atoms with van der Waals surface area (Å²) in [6.45, 7) is -0.658. The summed E-state index contributed by atoms with van der Waals surface area (Å²) in [5.41, 5.74) is -9.27. The van der Waals surface area contributed by atoms with Gasteiger partial charge in [-0.15, -0.1) is 4.52 Å². The molecule has 52 heavy (non-hydrogen) atoms. The molecular weight excluding hydrogens is 851 g/mol. The average Bonchev–Trinajstić information content (AvgIpc) is 2.93. The Bertz CT molecular complexity index is 1220. The lowest BCUT2D eigenvalue weighted by Crippen LogP contribution is -2.80. The molecule has 2 atom stereocenters. The number of rotatable bonds is 19. The van der Waals surface area contributed by atoms with Gasteiger partial charge in [-0.25, -0.2) is 8.78 Å². The van der Waals surface area contributed by atoms with Gasteiger partial charge in [0.15, 0.2) is 6.17 Å². The molecule has 0 aromatic heterocycles. The summed E-state index contributed by atoms with van der Waals surface area (Å²) in [5, 5.41) is 0. The molecule has 0 aromatic carbocycles. The van der Waals surface area contributed by atoms with Crippen molar-refractivity contribution in [3.8, 4) is 0 Å². The summed E-state index contributed by atoms with van der Waals surface area (Å²) in [4.78, 5) is 10.1. The highest BCUT2D eigenvalue weighted by atomic mass is 31.1. The predicted molar refractivity (Wildman–Crippen MR) is 107 cm³/mol. The van der Waals surface area contributed by atoms with Crippen molar-refractivity contribution in [2.24, 2.45) is 0 Å². The van der Waals surface area contributed by atoms with Crippen molar-refractivity contribution in [2.75, 3.05) is 6.61 Å². The second kappa shape index (κ2) is 14.3. The van der Waals surface area contributed by atoms with Gasteiger partial charge in [0, 0.05) is 0 Å². The molecule has 312 valence electrons. The predicted octanol–water partition coefficient (Wildman–Crippen LogP) is 10.5. The van der Waals surface area contributed by atoms with E-state index in [-0.39, 0.29) is 6.42 Å². The standard InChI is InChI=1S/C20H13F28O3P/c21-7(5-3-1-2-4-6-51-52(49)50)8(22,23)10(25,26)12(29,30)14(33,34)16(37,38)18(41,42)17(39,40)15(35,36)13(31,32)11(27,28)9(24,19(43,44)45)20(46,47)48/h7H,1-6H2. The first kappa shape index (κ1) is 50.1. The second-order valence-electron chi connectivity index (χ2n) is 10.2. The maximum Gasteiger partial charge on any atom is 0.488 e. The highest BCUT2D eigenvalue weighted by Gasteiger charge is 3.01. The van der Waals surface area contributed by atoms with Gasteiger partial charge in [0.05, 0.1) is 0 Å². The van der Waals surface area contributed by atoms with E-state index in [1.165, 1.54) is 0 Å². The van der Waals surface area contributed by atoms with Crippen molar-refractivity contribution in [3.05, 3.63) is 0 Å². The fraction of sp³-hybridized carbons (Fsp3) is 1.00. The monoisotopic (exact) mass is 864 g/mol. The number of hydrogen-bond acceptors (Lipinski definition) is 3. The minimum atomic E-state index is -9.91. The Morgan fingerprint density at radius 3 is 0.981 bits per heavy atom. The van der Waals surface area contributed by atoms with E-state index in [2.05, 4.69) is 4.52 Å². The fourth-order valence-electron chi connectivity index (χ4n) is 3.62. The Kier molecular flexibility index (Phi) is 13.8. The minimum absolute atomic E-state index is 0.354. The molecule has 0 rings (SSSR count). The van der Waals surface area contributed by atoms with E-state index in [1.807, 2.05) is 0 Å². The van der Waals surface area contributed by atoms with Crippen molar-refractivity contribution < 1.29 is 137 Å². The third-order valence-electron chi connectivity index (χ3n) is 6.73. The minimum Gasteiger partial charge on any atom is -0.566 e. The summed E-state index contributed by atoms with van der Waals surface area (Å²) in [6.07, 6.45) is -27.3. The Hall–Kier alpha value is -1.94. The van der Waals surface area contributed by atoms with Crippen molar-refractivity contribution in [3.63, 3.8) is 0 Å². The van der Waals surface area contributed by atoms with Crippen LogP contribution in [0.15, 0.2) is 0 Å². The number of unbranched alkanes of at least 4 members (excludes halogenated alkanes) is 3. The van der Waals surface area contributed by atoms with Crippen LogP contribution in [-0.2, 0) is 9.09 Å². The molecule has 0 radical (unpaired) electrons. The number of hydrogen-bond donors (Lipinski definition) is 0. The zero-order chi connectivity index (χ0) is 42.6. The van der Waals surface area contributed by atoms with Crippen LogP contribution in [0.1, 0.15) is 32.1 Å². The van der Waals surface area contributed by atoms with Gasteiger partial charge in [-0.3, -0.25) is 0 Å². The molecule has 0 saturated carbocycles. The molecule has 0 aliphatic heterocycles. The topological polar surface area (TPSA) is 49.4 Å². The van der Waals surface area contributed by atoms with E-state index >= 15 is 0 Å². The van der Waals surface area contributed by atoms with Crippen molar-refractivity contribution in [2.45, 2.75) is 116 Å². The van der Waals surface area contributed by atoms with Crippen molar-refractivity contribution >= 4 is 8.25 Å². The first-order valence-electron chi connectivity index (χ1n) is 12.4. The van der Waals surface area contributed by atoms with Crippen LogP contribution in [0.25, 0.3) is 0 Å². The van der Waals surface area contributed by atoms with Gasteiger partial charge in [0.2, 0.25) is 0 Å². The van der Waals surface area contributed by atoms with Crippen LogP contribution in [0.3, 0.4) is 0 Å². The third-order valence-corrected chi connectivity index (χ3v) is 7.12. The first-order chi connectivity index (χ1) is 22.3. The lowest BCUT2D eigenvalue weighted by atomic mass is 9.81. The van der Waals surface area contributed by atoms with Gasteiger partial charge in [-0.05, 0) is 17.4 Å². The largest absolute Gasteiger partial charge is 0.566 e. The van der Waals surface area contributed by atoms with Crippen LogP contribution in [-0.4, -0.2) is 90.0 Å².